The highest BCUT2D eigenvalue weighted by atomic mass is 16.2. The molecular formula is C17H31N5O. The predicted molar refractivity (Wildman–Crippen MR) is 92.1 cm³/mol. The number of hydrogen-bond acceptors (Lipinski definition) is 4. The summed E-state index contributed by atoms with van der Waals surface area (Å²) in [6.45, 7) is 5.76. The molecule has 23 heavy (non-hydrogen) atoms. The Morgan fingerprint density at radius 2 is 2.04 bits per heavy atom. The van der Waals surface area contributed by atoms with Crippen LogP contribution in [0.4, 0.5) is 0 Å². The molecule has 0 atom stereocenters. The second-order valence-corrected chi connectivity index (χ2v) is 6.79. The van der Waals surface area contributed by atoms with Crippen molar-refractivity contribution in [1.29, 1.82) is 0 Å². The normalized spacial score (nSPS) is 16.8. The van der Waals surface area contributed by atoms with Gasteiger partial charge in [0.25, 0.3) is 0 Å². The molecule has 0 aliphatic carbocycles. The molecule has 6 heteroatoms. The molecule has 0 spiro atoms. The third-order valence-electron chi connectivity index (χ3n) is 4.35. The molecule has 0 saturated carbocycles. The maximum atomic E-state index is 12.3. The van der Waals surface area contributed by atoms with Crippen LogP contribution in [0, 0.1) is 0 Å². The van der Waals surface area contributed by atoms with Crippen molar-refractivity contribution in [2.45, 2.75) is 32.2 Å². The van der Waals surface area contributed by atoms with Crippen molar-refractivity contribution < 1.29 is 4.79 Å². The lowest BCUT2D eigenvalue weighted by Gasteiger charge is -2.22. The summed E-state index contributed by atoms with van der Waals surface area (Å²) in [6, 6.07) is 0. The molecule has 1 saturated heterocycles. The molecule has 0 aromatic carbocycles. The first kappa shape index (κ1) is 17.9. The number of amides is 1. The van der Waals surface area contributed by atoms with Gasteiger partial charge in [0.15, 0.2) is 0 Å². The van der Waals surface area contributed by atoms with Crippen molar-refractivity contribution in [2.75, 3.05) is 46.8 Å². The fourth-order valence-electron chi connectivity index (χ4n) is 3.05. The van der Waals surface area contributed by atoms with Crippen molar-refractivity contribution in [3.05, 3.63) is 18.0 Å². The first-order valence-corrected chi connectivity index (χ1v) is 8.67. The van der Waals surface area contributed by atoms with E-state index in [1.165, 1.54) is 5.56 Å². The molecule has 1 aliphatic rings. The SMILES string of the molecule is CN(C)CCCCC(=O)N1CCCN(Cc2cnn(C)c2)CC1. The van der Waals surface area contributed by atoms with Crippen LogP contribution in [0.3, 0.4) is 0 Å². The Morgan fingerprint density at radius 3 is 2.74 bits per heavy atom. The quantitative estimate of drug-likeness (QED) is 0.708. The molecule has 1 aromatic heterocycles. The topological polar surface area (TPSA) is 44.6 Å². The number of nitrogens with zero attached hydrogens (tertiary/aromatic N) is 5. The van der Waals surface area contributed by atoms with Crippen molar-refractivity contribution in [1.82, 2.24) is 24.5 Å². The van der Waals surface area contributed by atoms with Gasteiger partial charge in [-0.3, -0.25) is 14.4 Å². The Balaban J connectivity index is 1.71. The summed E-state index contributed by atoms with van der Waals surface area (Å²) in [5, 5.41) is 4.22. The van der Waals surface area contributed by atoms with Crippen LogP contribution < -0.4 is 0 Å². The van der Waals surface area contributed by atoms with Gasteiger partial charge in [0.2, 0.25) is 5.91 Å². The van der Waals surface area contributed by atoms with Crippen LogP contribution in [0.1, 0.15) is 31.2 Å². The maximum absolute atomic E-state index is 12.3. The largest absolute Gasteiger partial charge is 0.341 e. The molecule has 0 unspecified atom stereocenters. The van der Waals surface area contributed by atoms with E-state index in [4.69, 9.17) is 0 Å². The lowest BCUT2D eigenvalue weighted by atomic mass is 10.2. The third-order valence-corrected chi connectivity index (χ3v) is 4.35. The van der Waals surface area contributed by atoms with E-state index in [0.29, 0.717) is 12.3 Å². The summed E-state index contributed by atoms with van der Waals surface area (Å²) in [7, 11) is 6.10. The molecule has 2 rings (SSSR count). The number of rotatable bonds is 7. The highest BCUT2D eigenvalue weighted by Gasteiger charge is 2.19. The molecule has 0 N–H and O–H groups in total. The van der Waals surface area contributed by atoms with Gasteiger partial charge < -0.3 is 9.80 Å². The minimum atomic E-state index is 0.326. The van der Waals surface area contributed by atoms with E-state index in [-0.39, 0.29) is 0 Å². The highest BCUT2D eigenvalue weighted by molar-refractivity contribution is 5.76. The Bertz CT molecular complexity index is 485. The maximum Gasteiger partial charge on any atom is 0.222 e. The van der Waals surface area contributed by atoms with Gasteiger partial charge in [-0.15, -0.1) is 0 Å². The minimum absolute atomic E-state index is 0.326. The second kappa shape index (κ2) is 9.03. The van der Waals surface area contributed by atoms with E-state index in [2.05, 4.69) is 40.1 Å². The third kappa shape index (κ3) is 6.31. The van der Waals surface area contributed by atoms with Gasteiger partial charge in [0, 0.05) is 58.0 Å². The van der Waals surface area contributed by atoms with Crippen LogP contribution in [-0.2, 0) is 18.4 Å². The zero-order valence-corrected chi connectivity index (χ0v) is 14.9. The van der Waals surface area contributed by atoms with E-state index in [1.54, 1.807) is 0 Å². The smallest absolute Gasteiger partial charge is 0.222 e. The number of carbonyl (C=O) groups is 1. The zero-order valence-electron chi connectivity index (χ0n) is 14.9. The van der Waals surface area contributed by atoms with Crippen LogP contribution in [0.15, 0.2) is 12.4 Å². The first-order chi connectivity index (χ1) is 11.0. The van der Waals surface area contributed by atoms with Crippen molar-refractivity contribution in [2.24, 2.45) is 7.05 Å². The minimum Gasteiger partial charge on any atom is -0.341 e. The molecule has 0 bridgehead atoms. The second-order valence-electron chi connectivity index (χ2n) is 6.79. The van der Waals surface area contributed by atoms with Crippen LogP contribution in [0.5, 0.6) is 0 Å². The Labute approximate surface area is 140 Å². The van der Waals surface area contributed by atoms with Gasteiger partial charge in [-0.2, -0.15) is 5.10 Å². The Morgan fingerprint density at radius 1 is 1.22 bits per heavy atom. The van der Waals surface area contributed by atoms with Gasteiger partial charge in [-0.25, -0.2) is 0 Å². The van der Waals surface area contributed by atoms with E-state index < -0.39 is 0 Å². The Hall–Kier alpha value is -1.40. The van der Waals surface area contributed by atoms with E-state index in [9.17, 15) is 4.79 Å². The predicted octanol–water partition coefficient (Wildman–Crippen LogP) is 1.19. The van der Waals surface area contributed by atoms with Gasteiger partial charge in [-0.1, -0.05) is 0 Å². The summed E-state index contributed by atoms with van der Waals surface area (Å²) >= 11 is 0. The van der Waals surface area contributed by atoms with Crippen LogP contribution in [0.25, 0.3) is 0 Å². The van der Waals surface area contributed by atoms with Gasteiger partial charge in [-0.05, 0) is 39.9 Å². The summed E-state index contributed by atoms with van der Waals surface area (Å²) in [6.07, 6.45) is 7.84. The van der Waals surface area contributed by atoms with Crippen molar-refractivity contribution >= 4 is 5.91 Å². The molecule has 0 radical (unpaired) electrons. The molecule has 6 nitrogen and oxygen atoms in total. The van der Waals surface area contributed by atoms with Crippen molar-refractivity contribution in [3.8, 4) is 0 Å². The summed E-state index contributed by atoms with van der Waals surface area (Å²) in [4.78, 5) is 19.0. The Kier molecular flexibility index (Phi) is 7.05. The standard InChI is InChI=1S/C17H31N5O/c1-19(2)8-5-4-7-17(23)22-10-6-9-21(11-12-22)15-16-13-18-20(3)14-16/h13-14H,4-12,15H2,1-3H3. The fourth-order valence-corrected chi connectivity index (χ4v) is 3.05. The first-order valence-electron chi connectivity index (χ1n) is 8.67. The van der Waals surface area contributed by atoms with Gasteiger partial charge >= 0.3 is 0 Å². The average molecular weight is 321 g/mol. The van der Waals surface area contributed by atoms with Crippen molar-refractivity contribution in [3.63, 3.8) is 0 Å². The number of carbonyl (C=O) groups excluding carboxylic acids is 1. The lowest BCUT2D eigenvalue weighted by molar-refractivity contribution is -0.131. The molecule has 130 valence electrons. The highest BCUT2D eigenvalue weighted by Crippen LogP contribution is 2.10. The van der Waals surface area contributed by atoms with E-state index in [0.717, 1.165) is 58.5 Å². The number of aromatic nitrogens is 2. The summed E-state index contributed by atoms with van der Waals surface area (Å²) < 4.78 is 1.84. The average Bonchev–Trinajstić information content (AvgIpc) is 2.77. The monoisotopic (exact) mass is 321 g/mol. The molecule has 1 aliphatic heterocycles. The van der Waals surface area contributed by atoms with Crippen LogP contribution in [-0.4, -0.2) is 77.2 Å². The molecular weight excluding hydrogens is 290 g/mol. The number of aryl methyl sites for hydroxylation is 1. The van der Waals surface area contributed by atoms with Crippen LogP contribution in [0.2, 0.25) is 0 Å². The van der Waals surface area contributed by atoms with E-state index >= 15 is 0 Å². The van der Waals surface area contributed by atoms with Gasteiger partial charge in [0.1, 0.15) is 0 Å². The summed E-state index contributed by atoms with van der Waals surface area (Å²) in [5.41, 5.74) is 1.25. The summed E-state index contributed by atoms with van der Waals surface area (Å²) in [5.74, 6) is 0.326. The number of hydrogen-bond donors (Lipinski definition) is 0. The number of unbranched alkanes of at least 4 members (excludes halogenated alkanes) is 1. The molecule has 1 aromatic rings. The van der Waals surface area contributed by atoms with Gasteiger partial charge in [0.05, 0.1) is 6.20 Å². The zero-order chi connectivity index (χ0) is 16.7. The molecule has 1 amide bonds. The fraction of sp³-hybridized carbons (Fsp3) is 0.765. The molecule has 1 fully saturated rings. The lowest BCUT2D eigenvalue weighted by Crippen LogP contribution is -2.35. The molecule has 2 heterocycles. The van der Waals surface area contributed by atoms with Crippen LogP contribution >= 0.6 is 0 Å². The van der Waals surface area contributed by atoms with E-state index in [1.807, 2.05) is 17.9 Å².